The van der Waals surface area contributed by atoms with Crippen LogP contribution in [0.1, 0.15) is 38.3 Å². The summed E-state index contributed by atoms with van der Waals surface area (Å²) in [6.45, 7) is 4.97. The number of esters is 1. The van der Waals surface area contributed by atoms with Crippen molar-refractivity contribution in [3.63, 3.8) is 0 Å². The van der Waals surface area contributed by atoms with Gasteiger partial charge in [0.1, 0.15) is 17.7 Å². The van der Waals surface area contributed by atoms with Gasteiger partial charge in [-0.15, -0.1) is 0 Å². The van der Waals surface area contributed by atoms with Crippen molar-refractivity contribution in [2.45, 2.75) is 57.5 Å². The van der Waals surface area contributed by atoms with Crippen molar-refractivity contribution >= 4 is 23.9 Å². The number of hydrogen-bond acceptors (Lipinski definition) is 4. The second-order valence-electron chi connectivity index (χ2n) is 8.86. The maximum Gasteiger partial charge on any atom is 0.471 e. The second kappa shape index (κ2) is 12.2. The summed E-state index contributed by atoms with van der Waals surface area (Å²) in [5.41, 5.74) is 0.547. The number of alkyl halides is 3. The molecule has 0 saturated carbocycles. The molecule has 9 heteroatoms. The number of benzene rings is 2. The topological polar surface area (TPSA) is 84.5 Å². The van der Waals surface area contributed by atoms with Gasteiger partial charge in [0.25, 0.3) is 0 Å². The van der Waals surface area contributed by atoms with Gasteiger partial charge in [0.05, 0.1) is 0 Å². The normalized spacial score (nSPS) is 13.7. The molecular formula is C26H29F3N2O4. The highest BCUT2D eigenvalue weighted by molar-refractivity contribution is 5.92. The summed E-state index contributed by atoms with van der Waals surface area (Å²) < 4.78 is 44.0. The minimum absolute atomic E-state index is 0.0286. The second-order valence-corrected chi connectivity index (χ2v) is 8.86. The van der Waals surface area contributed by atoms with Gasteiger partial charge in [-0.05, 0) is 38.3 Å². The summed E-state index contributed by atoms with van der Waals surface area (Å²) in [5.74, 6) is -3.93. The number of carbonyl (C=O) groups is 3. The molecule has 0 bridgehead atoms. The van der Waals surface area contributed by atoms with Crippen molar-refractivity contribution in [2.75, 3.05) is 0 Å². The van der Waals surface area contributed by atoms with Crippen LogP contribution in [0, 0.1) is 0 Å². The average molecular weight is 491 g/mol. The highest BCUT2D eigenvalue weighted by Crippen LogP contribution is 2.16. The molecule has 0 spiro atoms. The predicted molar refractivity (Wildman–Crippen MR) is 126 cm³/mol. The summed E-state index contributed by atoms with van der Waals surface area (Å²) in [5, 5.41) is 4.19. The van der Waals surface area contributed by atoms with Crippen LogP contribution in [0.3, 0.4) is 0 Å². The number of ether oxygens (including phenoxy) is 1. The van der Waals surface area contributed by atoms with E-state index in [2.05, 4.69) is 5.32 Å². The van der Waals surface area contributed by atoms with Crippen molar-refractivity contribution in [3.8, 4) is 0 Å². The average Bonchev–Trinajstić information content (AvgIpc) is 2.77. The van der Waals surface area contributed by atoms with Gasteiger partial charge in [-0.3, -0.25) is 9.59 Å². The zero-order valence-corrected chi connectivity index (χ0v) is 19.8. The molecule has 0 unspecified atom stereocenters. The van der Waals surface area contributed by atoms with Crippen molar-refractivity contribution in [1.29, 1.82) is 0 Å². The Kier molecular flexibility index (Phi) is 9.62. The van der Waals surface area contributed by atoms with E-state index in [1.54, 1.807) is 68.6 Å². The largest absolute Gasteiger partial charge is 0.471 e. The highest BCUT2D eigenvalue weighted by Gasteiger charge is 2.41. The third-order valence-corrected chi connectivity index (χ3v) is 4.65. The molecule has 35 heavy (non-hydrogen) atoms. The lowest BCUT2D eigenvalue weighted by molar-refractivity contribution is -0.174. The molecule has 2 aromatic rings. The molecule has 0 aliphatic rings. The minimum atomic E-state index is -5.17. The van der Waals surface area contributed by atoms with Crippen molar-refractivity contribution in [2.24, 2.45) is 0 Å². The quantitative estimate of drug-likeness (QED) is 0.516. The van der Waals surface area contributed by atoms with E-state index in [1.165, 1.54) is 0 Å². The Bertz CT molecular complexity index is 1020. The summed E-state index contributed by atoms with van der Waals surface area (Å²) in [6, 6.07) is 14.8. The van der Waals surface area contributed by atoms with E-state index in [-0.39, 0.29) is 12.8 Å². The lowest BCUT2D eigenvalue weighted by atomic mass is 10.0. The number of hydrogen-bond donors (Lipinski definition) is 2. The molecule has 2 atom stereocenters. The molecule has 2 aromatic carbocycles. The molecule has 188 valence electrons. The summed E-state index contributed by atoms with van der Waals surface area (Å²) in [7, 11) is 0. The van der Waals surface area contributed by atoms with Gasteiger partial charge in [-0.1, -0.05) is 72.8 Å². The molecule has 0 saturated heterocycles. The first kappa shape index (κ1) is 27.6. The molecule has 0 fully saturated rings. The molecule has 2 N–H and O–H groups in total. The third kappa shape index (κ3) is 10.0. The summed E-state index contributed by atoms with van der Waals surface area (Å²) >= 11 is 0. The van der Waals surface area contributed by atoms with Crippen LogP contribution in [0.4, 0.5) is 13.2 Å². The van der Waals surface area contributed by atoms with E-state index in [0.717, 1.165) is 5.56 Å². The Labute approximate surface area is 202 Å². The lowest BCUT2D eigenvalue weighted by Crippen LogP contribution is -2.55. The molecule has 2 amide bonds. The number of nitrogens with one attached hydrogen (secondary N) is 2. The van der Waals surface area contributed by atoms with Crippen molar-refractivity contribution in [1.82, 2.24) is 10.6 Å². The van der Waals surface area contributed by atoms with Gasteiger partial charge >= 0.3 is 18.1 Å². The van der Waals surface area contributed by atoms with Crippen LogP contribution in [-0.2, 0) is 25.5 Å². The molecule has 0 aliphatic heterocycles. The van der Waals surface area contributed by atoms with Gasteiger partial charge in [0, 0.05) is 6.42 Å². The molecule has 6 nitrogen and oxygen atoms in total. The first-order chi connectivity index (χ1) is 16.3. The number of carbonyl (C=O) groups excluding carboxylic acids is 3. The number of rotatable bonds is 9. The van der Waals surface area contributed by atoms with E-state index >= 15 is 0 Å². The van der Waals surface area contributed by atoms with E-state index in [9.17, 15) is 27.6 Å². The molecule has 0 aliphatic carbocycles. The standard InChI is InChI=1S/C26H29F3N2O4/c1-25(2,3)35-23(33)20(16-10-15-18-11-6-4-7-12-18)30-22(32)21(31-24(34)26(27,28)29)17-19-13-8-5-9-14-19/h4-15,20-21H,16-17H2,1-3H3,(H,30,32)(H,31,34)/b15-10-/t20-,21+/m1/s1. The van der Waals surface area contributed by atoms with E-state index < -0.39 is 41.6 Å². The summed E-state index contributed by atoms with van der Waals surface area (Å²) in [4.78, 5) is 37.3. The first-order valence-corrected chi connectivity index (χ1v) is 11.0. The van der Waals surface area contributed by atoms with Crippen molar-refractivity contribution < 1.29 is 32.3 Å². The van der Waals surface area contributed by atoms with Crippen molar-refractivity contribution in [3.05, 3.63) is 77.9 Å². The van der Waals surface area contributed by atoms with Crippen LogP contribution in [-0.4, -0.2) is 41.6 Å². The fourth-order valence-corrected chi connectivity index (χ4v) is 3.06. The van der Waals surface area contributed by atoms with Gasteiger partial charge in [0.15, 0.2) is 0 Å². The Morgan fingerprint density at radius 1 is 0.886 bits per heavy atom. The summed E-state index contributed by atoms with van der Waals surface area (Å²) in [6.07, 6.45) is -1.94. The van der Waals surface area contributed by atoms with E-state index in [1.807, 2.05) is 30.3 Å². The van der Waals surface area contributed by atoms with Gasteiger partial charge in [-0.2, -0.15) is 13.2 Å². The SMILES string of the molecule is CC(C)(C)OC(=O)[C@@H](C/C=C\c1ccccc1)NC(=O)[C@H](Cc1ccccc1)NC(=O)C(F)(F)F. The zero-order chi connectivity index (χ0) is 26.1. The molecule has 0 aromatic heterocycles. The highest BCUT2D eigenvalue weighted by atomic mass is 19.4. The number of amides is 2. The minimum Gasteiger partial charge on any atom is -0.458 e. The van der Waals surface area contributed by atoms with Crippen LogP contribution in [0.5, 0.6) is 0 Å². The predicted octanol–water partition coefficient (Wildman–Crippen LogP) is 4.21. The molecule has 2 rings (SSSR count). The van der Waals surface area contributed by atoms with E-state index in [0.29, 0.717) is 5.56 Å². The Balaban J connectivity index is 2.23. The monoisotopic (exact) mass is 490 g/mol. The maximum atomic E-state index is 13.0. The zero-order valence-electron chi connectivity index (χ0n) is 19.8. The first-order valence-electron chi connectivity index (χ1n) is 11.0. The van der Waals surface area contributed by atoms with Gasteiger partial charge < -0.3 is 15.4 Å². The fraction of sp³-hybridized carbons (Fsp3) is 0.346. The smallest absolute Gasteiger partial charge is 0.458 e. The third-order valence-electron chi connectivity index (χ3n) is 4.65. The molecular weight excluding hydrogens is 461 g/mol. The molecule has 0 radical (unpaired) electrons. The van der Waals surface area contributed by atoms with Crippen LogP contribution in [0.2, 0.25) is 0 Å². The van der Waals surface area contributed by atoms with Gasteiger partial charge in [0.2, 0.25) is 5.91 Å². The van der Waals surface area contributed by atoms with Crippen LogP contribution in [0.15, 0.2) is 66.7 Å². The Morgan fingerprint density at radius 3 is 2.00 bits per heavy atom. The Morgan fingerprint density at radius 2 is 1.46 bits per heavy atom. The van der Waals surface area contributed by atoms with Crippen LogP contribution >= 0.6 is 0 Å². The fourth-order valence-electron chi connectivity index (χ4n) is 3.06. The van der Waals surface area contributed by atoms with Gasteiger partial charge in [-0.25, -0.2) is 4.79 Å². The number of halogens is 3. The lowest BCUT2D eigenvalue weighted by Gasteiger charge is -2.26. The van der Waals surface area contributed by atoms with E-state index in [4.69, 9.17) is 4.74 Å². The molecule has 0 heterocycles. The van der Waals surface area contributed by atoms with Crippen LogP contribution in [0.25, 0.3) is 6.08 Å². The van der Waals surface area contributed by atoms with Crippen LogP contribution < -0.4 is 10.6 Å². The Hall–Kier alpha value is -3.62. The maximum absolute atomic E-state index is 13.0.